The first kappa shape index (κ1) is 18.1. The molecule has 2 amide bonds. The molecule has 3 rings (SSSR count). The predicted octanol–water partition coefficient (Wildman–Crippen LogP) is 3.41. The minimum absolute atomic E-state index is 0.0670. The second kappa shape index (κ2) is 8.61. The summed E-state index contributed by atoms with van der Waals surface area (Å²) in [6.45, 7) is 6.23. The third-order valence-electron chi connectivity index (χ3n) is 4.43. The van der Waals surface area contributed by atoms with Crippen molar-refractivity contribution in [3.63, 3.8) is 0 Å². The van der Waals surface area contributed by atoms with E-state index < -0.39 is 0 Å². The number of ether oxygens (including phenoxy) is 2. The summed E-state index contributed by atoms with van der Waals surface area (Å²) in [4.78, 5) is 14.2. The third kappa shape index (κ3) is 4.69. The molecule has 138 valence electrons. The lowest BCUT2D eigenvalue weighted by Gasteiger charge is -2.31. The van der Waals surface area contributed by atoms with Crippen LogP contribution in [-0.2, 0) is 6.42 Å². The summed E-state index contributed by atoms with van der Waals surface area (Å²) in [6, 6.07) is 15.9. The average molecular weight is 354 g/mol. The Morgan fingerprint density at radius 2 is 2.00 bits per heavy atom. The normalized spacial score (nSPS) is 15.4. The Morgan fingerprint density at radius 1 is 1.19 bits per heavy atom. The molecule has 2 aromatic carbocycles. The van der Waals surface area contributed by atoms with Crippen LogP contribution >= 0.6 is 0 Å². The molecule has 1 atom stereocenters. The number of carbonyl (C=O) groups excluding carboxylic acids is 1. The van der Waals surface area contributed by atoms with Crippen molar-refractivity contribution in [1.82, 2.24) is 10.2 Å². The van der Waals surface area contributed by atoms with Gasteiger partial charge in [0.15, 0.2) is 17.6 Å². The molecule has 0 saturated heterocycles. The van der Waals surface area contributed by atoms with Crippen LogP contribution < -0.4 is 14.8 Å². The van der Waals surface area contributed by atoms with Crippen molar-refractivity contribution < 1.29 is 14.3 Å². The molecule has 0 spiro atoms. The van der Waals surface area contributed by atoms with Crippen molar-refractivity contribution in [2.75, 3.05) is 26.2 Å². The summed E-state index contributed by atoms with van der Waals surface area (Å²) >= 11 is 0. The van der Waals surface area contributed by atoms with E-state index in [1.807, 2.05) is 37.3 Å². The fraction of sp³-hybridized carbons (Fsp3) is 0.381. The van der Waals surface area contributed by atoms with E-state index in [2.05, 4.69) is 30.4 Å². The molecule has 0 radical (unpaired) electrons. The van der Waals surface area contributed by atoms with E-state index in [1.54, 1.807) is 4.90 Å². The number of urea groups is 1. The van der Waals surface area contributed by atoms with Crippen LogP contribution in [0.4, 0.5) is 4.79 Å². The van der Waals surface area contributed by atoms with E-state index >= 15 is 0 Å². The fourth-order valence-corrected chi connectivity index (χ4v) is 3.05. The highest BCUT2D eigenvalue weighted by atomic mass is 16.6. The second-order valence-electron chi connectivity index (χ2n) is 6.51. The predicted molar refractivity (Wildman–Crippen MR) is 102 cm³/mol. The van der Waals surface area contributed by atoms with Crippen LogP contribution in [-0.4, -0.2) is 43.3 Å². The lowest BCUT2D eigenvalue weighted by atomic mass is 10.1. The second-order valence-corrected chi connectivity index (χ2v) is 6.51. The summed E-state index contributed by atoms with van der Waals surface area (Å²) in [5.74, 6) is 1.49. The standard InChI is InChI=1S/C21H26N2O3/c1-3-23(14-18-15-25-19-9-4-5-10-20(19)26-18)21(24)22-12-11-17-8-6-7-16(2)13-17/h4-10,13,18H,3,11-12,14-15H2,1-2H3,(H,22,24). The van der Waals surface area contributed by atoms with E-state index in [9.17, 15) is 4.79 Å². The van der Waals surface area contributed by atoms with Gasteiger partial charge in [-0.05, 0) is 38.0 Å². The molecule has 26 heavy (non-hydrogen) atoms. The van der Waals surface area contributed by atoms with Crippen LogP contribution in [0.1, 0.15) is 18.1 Å². The Morgan fingerprint density at radius 3 is 2.77 bits per heavy atom. The molecule has 5 nitrogen and oxygen atoms in total. The minimum atomic E-state index is -0.160. The first-order valence-electron chi connectivity index (χ1n) is 9.12. The van der Waals surface area contributed by atoms with Gasteiger partial charge in [-0.1, -0.05) is 42.0 Å². The summed E-state index contributed by atoms with van der Waals surface area (Å²) in [7, 11) is 0. The summed E-state index contributed by atoms with van der Waals surface area (Å²) < 4.78 is 11.7. The van der Waals surface area contributed by atoms with Crippen LogP contribution in [0.3, 0.4) is 0 Å². The van der Waals surface area contributed by atoms with Crippen LogP contribution in [0.25, 0.3) is 0 Å². The highest BCUT2D eigenvalue weighted by Crippen LogP contribution is 2.30. The molecule has 1 aliphatic rings. The monoisotopic (exact) mass is 354 g/mol. The summed E-state index contributed by atoms with van der Waals surface area (Å²) in [5.41, 5.74) is 2.47. The van der Waals surface area contributed by atoms with Gasteiger partial charge in [0.1, 0.15) is 6.61 Å². The molecule has 5 heteroatoms. The average Bonchev–Trinajstić information content (AvgIpc) is 2.66. The number of para-hydroxylation sites is 2. The third-order valence-corrected chi connectivity index (χ3v) is 4.43. The fourth-order valence-electron chi connectivity index (χ4n) is 3.05. The molecule has 0 saturated carbocycles. The Kier molecular flexibility index (Phi) is 6.00. The topological polar surface area (TPSA) is 50.8 Å². The highest BCUT2D eigenvalue weighted by Gasteiger charge is 2.24. The van der Waals surface area contributed by atoms with Gasteiger partial charge < -0.3 is 19.7 Å². The molecule has 2 aromatic rings. The summed E-state index contributed by atoms with van der Waals surface area (Å²) in [6.07, 6.45) is 0.661. The molecule has 1 heterocycles. The number of nitrogens with one attached hydrogen (secondary N) is 1. The Balaban J connectivity index is 1.48. The lowest BCUT2D eigenvalue weighted by Crippen LogP contribution is -2.47. The van der Waals surface area contributed by atoms with E-state index in [4.69, 9.17) is 9.47 Å². The molecule has 0 aliphatic carbocycles. The Bertz CT molecular complexity index is 748. The molecule has 0 aromatic heterocycles. The van der Waals surface area contributed by atoms with Gasteiger partial charge in [-0.3, -0.25) is 0 Å². The number of benzene rings is 2. The van der Waals surface area contributed by atoms with Gasteiger partial charge in [-0.2, -0.15) is 0 Å². The molecular weight excluding hydrogens is 328 g/mol. The van der Waals surface area contributed by atoms with E-state index in [-0.39, 0.29) is 12.1 Å². The number of carbonyl (C=O) groups is 1. The Labute approximate surface area is 154 Å². The van der Waals surface area contributed by atoms with Crippen molar-refractivity contribution in [1.29, 1.82) is 0 Å². The highest BCUT2D eigenvalue weighted by molar-refractivity contribution is 5.74. The largest absolute Gasteiger partial charge is 0.486 e. The van der Waals surface area contributed by atoms with Crippen LogP contribution in [0.5, 0.6) is 11.5 Å². The smallest absolute Gasteiger partial charge is 0.317 e. The van der Waals surface area contributed by atoms with Gasteiger partial charge in [-0.15, -0.1) is 0 Å². The van der Waals surface area contributed by atoms with Gasteiger partial charge >= 0.3 is 6.03 Å². The molecule has 1 unspecified atom stereocenters. The zero-order chi connectivity index (χ0) is 18.4. The molecule has 0 fully saturated rings. The SMILES string of the molecule is CCN(CC1COc2ccccc2O1)C(=O)NCCc1cccc(C)c1. The number of hydrogen-bond donors (Lipinski definition) is 1. The van der Waals surface area contributed by atoms with E-state index in [1.165, 1.54) is 11.1 Å². The zero-order valence-corrected chi connectivity index (χ0v) is 15.4. The van der Waals surface area contributed by atoms with Crippen molar-refractivity contribution in [2.24, 2.45) is 0 Å². The van der Waals surface area contributed by atoms with Crippen LogP contribution in [0.15, 0.2) is 48.5 Å². The number of nitrogens with zero attached hydrogens (tertiary/aromatic N) is 1. The number of hydrogen-bond acceptors (Lipinski definition) is 3. The van der Waals surface area contributed by atoms with Crippen LogP contribution in [0, 0.1) is 6.92 Å². The zero-order valence-electron chi connectivity index (χ0n) is 15.4. The van der Waals surface area contributed by atoms with Crippen LogP contribution in [0.2, 0.25) is 0 Å². The molecular formula is C21H26N2O3. The maximum absolute atomic E-state index is 12.5. The van der Waals surface area contributed by atoms with E-state index in [0.29, 0.717) is 26.2 Å². The van der Waals surface area contributed by atoms with Gasteiger partial charge in [0.25, 0.3) is 0 Å². The number of fused-ring (bicyclic) bond motifs is 1. The number of rotatable bonds is 6. The van der Waals surface area contributed by atoms with Crippen molar-refractivity contribution in [3.05, 3.63) is 59.7 Å². The van der Waals surface area contributed by atoms with E-state index in [0.717, 1.165) is 17.9 Å². The van der Waals surface area contributed by atoms with Gasteiger partial charge in [0, 0.05) is 13.1 Å². The van der Waals surface area contributed by atoms with Crippen molar-refractivity contribution in [3.8, 4) is 11.5 Å². The van der Waals surface area contributed by atoms with Gasteiger partial charge in [-0.25, -0.2) is 4.79 Å². The van der Waals surface area contributed by atoms with Crippen molar-refractivity contribution in [2.45, 2.75) is 26.4 Å². The molecule has 1 aliphatic heterocycles. The number of amides is 2. The quantitative estimate of drug-likeness (QED) is 0.865. The summed E-state index contributed by atoms with van der Waals surface area (Å²) in [5, 5.41) is 3.00. The molecule has 1 N–H and O–H groups in total. The lowest BCUT2D eigenvalue weighted by molar-refractivity contribution is 0.0676. The van der Waals surface area contributed by atoms with Gasteiger partial charge in [0.2, 0.25) is 0 Å². The first-order valence-corrected chi connectivity index (χ1v) is 9.12. The maximum Gasteiger partial charge on any atom is 0.317 e. The maximum atomic E-state index is 12.5. The molecule has 0 bridgehead atoms. The first-order chi connectivity index (χ1) is 12.7. The Hall–Kier alpha value is -2.69. The minimum Gasteiger partial charge on any atom is -0.486 e. The van der Waals surface area contributed by atoms with Crippen molar-refractivity contribution >= 4 is 6.03 Å². The van der Waals surface area contributed by atoms with Gasteiger partial charge in [0.05, 0.1) is 6.54 Å². The number of aryl methyl sites for hydroxylation is 1. The number of likely N-dealkylation sites (N-methyl/N-ethyl adjacent to an activating group) is 1.